The number of benzene rings is 1. The summed E-state index contributed by atoms with van der Waals surface area (Å²) in [4.78, 5) is 28.0. The SMILES string of the molecule is CO[C@@H]1CN(C(=O)CCN2CCCC2=O)CC[C@@H]1Cc1ccccc1C. The summed E-state index contributed by atoms with van der Waals surface area (Å²) < 4.78 is 5.73. The van der Waals surface area contributed by atoms with Crippen molar-refractivity contribution in [3.05, 3.63) is 35.4 Å². The molecule has 0 spiro atoms. The van der Waals surface area contributed by atoms with Gasteiger partial charge in [0.1, 0.15) is 0 Å². The van der Waals surface area contributed by atoms with E-state index >= 15 is 0 Å². The summed E-state index contributed by atoms with van der Waals surface area (Å²) in [7, 11) is 1.74. The van der Waals surface area contributed by atoms with Crippen molar-refractivity contribution in [1.29, 1.82) is 0 Å². The van der Waals surface area contributed by atoms with Gasteiger partial charge in [0.15, 0.2) is 0 Å². The molecule has 2 heterocycles. The van der Waals surface area contributed by atoms with E-state index in [0.29, 0.717) is 31.8 Å². The Kier molecular flexibility index (Phi) is 6.30. The van der Waals surface area contributed by atoms with E-state index in [-0.39, 0.29) is 17.9 Å². The predicted octanol–water partition coefficient (Wildman–Crippen LogP) is 2.41. The van der Waals surface area contributed by atoms with E-state index in [1.54, 1.807) is 7.11 Å². The Labute approximate surface area is 156 Å². The third-order valence-electron chi connectivity index (χ3n) is 5.86. The second-order valence-corrected chi connectivity index (χ2v) is 7.53. The van der Waals surface area contributed by atoms with Crippen molar-refractivity contribution in [1.82, 2.24) is 9.80 Å². The van der Waals surface area contributed by atoms with E-state index in [4.69, 9.17) is 4.74 Å². The molecule has 2 aliphatic heterocycles. The molecule has 2 aliphatic rings. The maximum atomic E-state index is 12.6. The van der Waals surface area contributed by atoms with Gasteiger partial charge >= 0.3 is 0 Å². The third kappa shape index (κ3) is 4.44. The zero-order valence-corrected chi connectivity index (χ0v) is 15.9. The maximum Gasteiger partial charge on any atom is 0.224 e. The van der Waals surface area contributed by atoms with Crippen LogP contribution in [0.1, 0.15) is 36.8 Å². The Bertz CT molecular complexity index is 646. The zero-order valence-electron chi connectivity index (χ0n) is 15.9. The summed E-state index contributed by atoms with van der Waals surface area (Å²) in [5, 5.41) is 0. The molecule has 1 aromatic carbocycles. The van der Waals surface area contributed by atoms with E-state index in [1.807, 2.05) is 9.80 Å². The zero-order chi connectivity index (χ0) is 18.5. The van der Waals surface area contributed by atoms with Crippen LogP contribution in [0.15, 0.2) is 24.3 Å². The lowest BCUT2D eigenvalue weighted by molar-refractivity contribution is -0.137. The number of carbonyl (C=O) groups is 2. The summed E-state index contributed by atoms with van der Waals surface area (Å²) in [6.07, 6.45) is 4.00. The fourth-order valence-electron chi connectivity index (χ4n) is 4.14. The van der Waals surface area contributed by atoms with Crippen molar-refractivity contribution in [2.24, 2.45) is 5.92 Å². The van der Waals surface area contributed by atoms with Crippen LogP contribution >= 0.6 is 0 Å². The number of ether oxygens (including phenoxy) is 1. The van der Waals surface area contributed by atoms with Crippen LogP contribution in [-0.2, 0) is 20.7 Å². The van der Waals surface area contributed by atoms with Crippen LogP contribution in [0.3, 0.4) is 0 Å². The molecule has 0 bridgehead atoms. The largest absolute Gasteiger partial charge is 0.379 e. The van der Waals surface area contributed by atoms with Gasteiger partial charge in [-0.2, -0.15) is 0 Å². The highest BCUT2D eigenvalue weighted by Crippen LogP contribution is 2.26. The van der Waals surface area contributed by atoms with Gasteiger partial charge in [0, 0.05) is 46.1 Å². The molecule has 2 fully saturated rings. The van der Waals surface area contributed by atoms with Gasteiger partial charge in [0.2, 0.25) is 11.8 Å². The average molecular weight is 358 g/mol. The molecule has 2 atom stereocenters. The average Bonchev–Trinajstić information content (AvgIpc) is 3.06. The Morgan fingerprint density at radius 2 is 2.08 bits per heavy atom. The highest BCUT2D eigenvalue weighted by molar-refractivity contribution is 5.80. The summed E-state index contributed by atoms with van der Waals surface area (Å²) in [6.45, 7) is 4.93. The smallest absolute Gasteiger partial charge is 0.224 e. The lowest BCUT2D eigenvalue weighted by Gasteiger charge is -2.38. The van der Waals surface area contributed by atoms with Gasteiger partial charge in [-0.1, -0.05) is 24.3 Å². The Morgan fingerprint density at radius 1 is 1.27 bits per heavy atom. The van der Waals surface area contributed by atoms with Crippen LogP contribution < -0.4 is 0 Å². The van der Waals surface area contributed by atoms with Crippen molar-refractivity contribution in [2.45, 2.75) is 45.1 Å². The van der Waals surface area contributed by atoms with Gasteiger partial charge in [-0.15, -0.1) is 0 Å². The molecule has 142 valence electrons. The molecule has 2 saturated heterocycles. The first-order valence-electron chi connectivity index (χ1n) is 9.71. The minimum atomic E-state index is 0.0701. The van der Waals surface area contributed by atoms with Gasteiger partial charge in [0.05, 0.1) is 6.10 Å². The van der Waals surface area contributed by atoms with E-state index in [1.165, 1.54) is 11.1 Å². The fourth-order valence-corrected chi connectivity index (χ4v) is 4.14. The van der Waals surface area contributed by atoms with Crippen LogP contribution in [0.2, 0.25) is 0 Å². The molecule has 0 unspecified atom stereocenters. The molecule has 0 saturated carbocycles. The second-order valence-electron chi connectivity index (χ2n) is 7.53. The first-order valence-corrected chi connectivity index (χ1v) is 9.71. The number of hydrogen-bond donors (Lipinski definition) is 0. The maximum absolute atomic E-state index is 12.6. The molecule has 3 rings (SSSR count). The number of methoxy groups -OCH3 is 1. The highest BCUT2D eigenvalue weighted by Gasteiger charge is 2.32. The van der Waals surface area contributed by atoms with Gasteiger partial charge in [-0.25, -0.2) is 0 Å². The Balaban J connectivity index is 1.52. The molecule has 5 nitrogen and oxygen atoms in total. The molecule has 1 aromatic rings. The molecular weight excluding hydrogens is 328 g/mol. The molecule has 0 aliphatic carbocycles. The molecule has 0 radical (unpaired) electrons. The van der Waals surface area contributed by atoms with Crippen molar-refractivity contribution >= 4 is 11.8 Å². The second kappa shape index (κ2) is 8.67. The quantitative estimate of drug-likeness (QED) is 0.785. The van der Waals surface area contributed by atoms with E-state index < -0.39 is 0 Å². The first kappa shape index (κ1) is 18.9. The summed E-state index contributed by atoms with van der Waals surface area (Å²) in [5.74, 6) is 0.760. The van der Waals surface area contributed by atoms with Crippen molar-refractivity contribution in [2.75, 3.05) is 33.3 Å². The number of amides is 2. The number of piperidine rings is 1. The third-order valence-corrected chi connectivity index (χ3v) is 5.86. The molecule has 0 N–H and O–H groups in total. The number of hydrogen-bond acceptors (Lipinski definition) is 3. The number of likely N-dealkylation sites (tertiary alicyclic amines) is 2. The van der Waals surface area contributed by atoms with Gasteiger partial charge in [-0.05, 0) is 43.2 Å². The van der Waals surface area contributed by atoms with Crippen LogP contribution in [0.5, 0.6) is 0 Å². The molecule has 2 amide bonds. The number of carbonyl (C=O) groups excluding carboxylic acids is 2. The van der Waals surface area contributed by atoms with Crippen LogP contribution in [-0.4, -0.2) is 61.0 Å². The van der Waals surface area contributed by atoms with Crippen LogP contribution in [0.25, 0.3) is 0 Å². The van der Waals surface area contributed by atoms with E-state index in [2.05, 4.69) is 31.2 Å². The normalized spacial score (nSPS) is 23.5. The van der Waals surface area contributed by atoms with E-state index in [9.17, 15) is 9.59 Å². The Hall–Kier alpha value is -1.88. The number of aryl methyl sites for hydroxylation is 1. The standard InChI is InChI=1S/C21H30N2O3/c1-16-6-3-4-7-17(16)14-18-9-12-23(15-19(18)26-2)21(25)10-13-22-11-5-8-20(22)24/h3-4,6-7,18-19H,5,8-15H2,1-2H3/t18-,19-/m1/s1. The number of rotatable bonds is 6. The van der Waals surface area contributed by atoms with Crippen molar-refractivity contribution in [3.63, 3.8) is 0 Å². The van der Waals surface area contributed by atoms with Crippen molar-refractivity contribution in [3.8, 4) is 0 Å². The molecule has 0 aromatic heterocycles. The molecule has 5 heteroatoms. The summed E-state index contributed by atoms with van der Waals surface area (Å²) in [6, 6.07) is 8.49. The van der Waals surface area contributed by atoms with Gasteiger partial charge in [0.25, 0.3) is 0 Å². The van der Waals surface area contributed by atoms with Crippen LogP contribution in [0, 0.1) is 12.8 Å². The lowest BCUT2D eigenvalue weighted by atomic mass is 9.86. The highest BCUT2D eigenvalue weighted by atomic mass is 16.5. The summed E-state index contributed by atoms with van der Waals surface area (Å²) in [5.41, 5.74) is 2.68. The minimum Gasteiger partial charge on any atom is -0.379 e. The van der Waals surface area contributed by atoms with Gasteiger partial charge < -0.3 is 14.5 Å². The first-order chi connectivity index (χ1) is 12.6. The van der Waals surface area contributed by atoms with Crippen LogP contribution in [0.4, 0.5) is 0 Å². The summed E-state index contributed by atoms with van der Waals surface area (Å²) >= 11 is 0. The minimum absolute atomic E-state index is 0.0701. The fraction of sp³-hybridized carbons (Fsp3) is 0.619. The van der Waals surface area contributed by atoms with Crippen molar-refractivity contribution < 1.29 is 14.3 Å². The monoisotopic (exact) mass is 358 g/mol. The lowest BCUT2D eigenvalue weighted by Crippen LogP contribution is -2.48. The molecule has 26 heavy (non-hydrogen) atoms. The Morgan fingerprint density at radius 3 is 2.77 bits per heavy atom. The van der Waals surface area contributed by atoms with Gasteiger partial charge in [-0.3, -0.25) is 9.59 Å². The topological polar surface area (TPSA) is 49.9 Å². The van der Waals surface area contributed by atoms with E-state index in [0.717, 1.165) is 32.4 Å². The predicted molar refractivity (Wildman–Crippen MR) is 101 cm³/mol. The number of nitrogens with zero attached hydrogens (tertiary/aromatic N) is 2. The molecular formula is C21H30N2O3.